The highest BCUT2D eigenvalue weighted by atomic mass is 15.2. The molecule has 3 aromatic rings. The molecule has 0 aliphatic carbocycles. The lowest BCUT2D eigenvalue weighted by Crippen LogP contribution is -2.19. The van der Waals surface area contributed by atoms with Gasteiger partial charge in [0.1, 0.15) is 17.8 Å². The van der Waals surface area contributed by atoms with E-state index in [1.807, 2.05) is 36.7 Å². The van der Waals surface area contributed by atoms with Gasteiger partial charge in [0.25, 0.3) is 0 Å². The van der Waals surface area contributed by atoms with Crippen molar-refractivity contribution in [3.8, 4) is 0 Å². The summed E-state index contributed by atoms with van der Waals surface area (Å²) in [6, 6.07) is 6.06. The van der Waals surface area contributed by atoms with Gasteiger partial charge in [0.05, 0.1) is 11.4 Å². The van der Waals surface area contributed by atoms with Gasteiger partial charge in [-0.25, -0.2) is 4.98 Å². The van der Waals surface area contributed by atoms with E-state index in [1.54, 1.807) is 6.33 Å². The van der Waals surface area contributed by atoms with Crippen molar-refractivity contribution >= 4 is 5.65 Å². The third kappa shape index (κ3) is 2.42. The Morgan fingerprint density at radius 2 is 2.20 bits per heavy atom. The molecule has 0 aliphatic rings. The molecule has 0 unspecified atom stereocenters. The van der Waals surface area contributed by atoms with Crippen LogP contribution in [0.2, 0.25) is 0 Å². The van der Waals surface area contributed by atoms with Gasteiger partial charge in [0.2, 0.25) is 0 Å². The van der Waals surface area contributed by atoms with E-state index < -0.39 is 0 Å². The Hall–Kier alpha value is -2.21. The van der Waals surface area contributed by atoms with Gasteiger partial charge in [-0.05, 0) is 19.1 Å². The van der Waals surface area contributed by atoms with Gasteiger partial charge >= 0.3 is 0 Å². The predicted octanol–water partition coefficient (Wildman–Crippen LogP) is 1.10. The number of nitrogens with one attached hydrogen (secondary N) is 1. The van der Waals surface area contributed by atoms with Crippen LogP contribution in [0.25, 0.3) is 5.65 Å². The lowest BCUT2D eigenvalue weighted by molar-refractivity contribution is 0.641. The van der Waals surface area contributed by atoms with Crippen molar-refractivity contribution in [3.05, 3.63) is 47.9 Å². The van der Waals surface area contributed by atoms with E-state index in [4.69, 9.17) is 0 Å². The van der Waals surface area contributed by atoms with Crippen molar-refractivity contribution in [2.24, 2.45) is 7.05 Å². The summed E-state index contributed by atoms with van der Waals surface area (Å²) in [6.45, 7) is 3.72. The molecule has 0 radical (unpaired) electrons. The molecule has 0 spiro atoms. The topological polar surface area (TPSA) is 60.0 Å². The highest BCUT2D eigenvalue weighted by molar-refractivity contribution is 5.42. The normalized spacial score (nSPS) is 11.3. The van der Waals surface area contributed by atoms with Crippen LogP contribution >= 0.6 is 0 Å². The molecule has 3 heterocycles. The first-order chi connectivity index (χ1) is 9.75. The second-order valence-corrected chi connectivity index (χ2v) is 4.86. The second kappa shape index (κ2) is 5.42. The fraction of sp³-hybridized carbons (Fsp3) is 0.357. The van der Waals surface area contributed by atoms with Gasteiger partial charge in [-0.1, -0.05) is 6.07 Å². The molecule has 1 N–H and O–H groups in total. The standard InChI is InChI=1S/C14H18N6/c1-11-12(20-8-4-3-5-13(20)17-11)9-15-7-6-14-18-16-10-19(14)2/h3-5,8,10,15H,6-7,9H2,1-2H3. The molecule has 0 bridgehead atoms. The molecule has 6 nitrogen and oxygen atoms in total. The predicted molar refractivity (Wildman–Crippen MR) is 76.3 cm³/mol. The zero-order chi connectivity index (χ0) is 13.9. The van der Waals surface area contributed by atoms with Crippen LogP contribution in [0.5, 0.6) is 0 Å². The molecule has 0 saturated heterocycles. The van der Waals surface area contributed by atoms with Gasteiger partial charge in [0.15, 0.2) is 0 Å². The molecule has 0 amide bonds. The summed E-state index contributed by atoms with van der Waals surface area (Å²) in [5.74, 6) is 0.993. The van der Waals surface area contributed by atoms with Gasteiger partial charge in [0, 0.05) is 32.8 Å². The average Bonchev–Trinajstić information content (AvgIpc) is 2.98. The second-order valence-electron chi connectivity index (χ2n) is 4.86. The molecule has 3 aromatic heterocycles. The summed E-state index contributed by atoms with van der Waals surface area (Å²) >= 11 is 0. The van der Waals surface area contributed by atoms with E-state index in [0.29, 0.717) is 0 Å². The molecular weight excluding hydrogens is 252 g/mol. The SMILES string of the molecule is Cc1nc2ccccn2c1CNCCc1nncn1C. The lowest BCUT2D eigenvalue weighted by Gasteiger charge is -2.05. The van der Waals surface area contributed by atoms with Crippen LogP contribution < -0.4 is 5.32 Å². The van der Waals surface area contributed by atoms with Crippen molar-refractivity contribution in [2.75, 3.05) is 6.54 Å². The summed E-state index contributed by atoms with van der Waals surface area (Å²) in [5, 5.41) is 11.4. The van der Waals surface area contributed by atoms with Crippen molar-refractivity contribution in [2.45, 2.75) is 19.9 Å². The molecule has 104 valence electrons. The molecule has 20 heavy (non-hydrogen) atoms. The minimum Gasteiger partial charge on any atom is -0.321 e. The number of hydrogen-bond donors (Lipinski definition) is 1. The molecular formula is C14H18N6. The Labute approximate surface area is 117 Å². The Balaban J connectivity index is 1.63. The minimum atomic E-state index is 0.800. The first-order valence-corrected chi connectivity index (χ1v) is 6.72. The van der Waals surface area contributed by atoms with Crippen LogP contribution in [0.1, 0.15) is 17.2 Å². The first kappa shape index (κ1) is 12.8. The molecule has 0 aromatic carbocycles. The maximum atomic E-state index is 4.55. The molecule has 0 fully saturated rings. The highest BCUT2D eigenvalue weighted by Crippen LogP contribution is 2.11. The van der Waals surface area contributed by atoms with Crippen LogP contribution in [0.4, 0.5) is 0 Å². The monoisotopic (exact) mass is 270 g/mol. The zero-order valence-corrected chi connectivity index (χ0v) is 11.7. The fourth-order valence-electron chi connectivity index (χ4n) is 2.32. The Morgan fingerprint density at radius 3 is 3.00 bits per heavy atom. The van der Waals surface area contributed by atoms with E-state index in [2.05, 4.69) is 31.1 Å². The van der Waals surface area contributed by atoms with Crippen LogP contribution in [0.3, 0.4) is 0 Å². The van der Waals surface area contributed by atoms with Crippen LogP contribution in [-0.4, -0.2) is 30.7 Å². The summed E-state index contributed by atoms with van der Waals surface area (Å²) in [4.78, 5) is 4.55. The Bertz CT molecular complexity index is 711. The lowest BCUT2D eigenvalue weighted by atomic mass is 10.3. The highest BCUT2D eigenvalue weighted by Gasteiger charge is 2.07. The number of pyridine rings is 1. The summed E-state index contributed by atoms with van der Waals surface area (Å²) in [5.41, 5.74) is 3.27. The Kier molecular flexibility index (Phi) is 3.47. The molecule has 3 rings (SSSR count). The minimum absolute atomic E-state index is 0.800. The van der Waals surface area contributed by atoms with Gasteiger partial charge in [-0.3, -0.25) is 0 Å². The molecule has 6 heteroatoms. The quantitative estimate of drug-likeness (QED) is 0.705. The van der Waals surface area contributed by atoms with E-state index in [0.717, 1.165) is 36.7 Å². The van der Waals surface area contributed by atoms with E-state index in [-0.39, 0.29) is 0 Å². The van der Waals surface area contributed by atoms with Crippen LogP contribution in [-0.2, 0) is 20.0 Å². The number of fused-ring (bicyclic) bond motifs is 1. The number of imidazole rings is 1. The molecule has 0 saturated carbocycles. The molecule has 0 atom stereocenters. The van der Waals surface area contributed by atoms with Gasteiger partial charge < -0.3 is 14.3 Å². The average molecular weight is 270 g/mol. The van der Waals surface area contributed by atoms with Crippen LogP contribution in [0, 0.1) is 6.92 Å². The first-order valence-electron chi connectivity index (χ1n) is 6.72. The van der Waals surface area contributed by atoms with Crippen molar-refractivity contribution < 1.29 is 0 Å². The smallest absolute Gasteiger partial charge is 0.137 e. The third-order valence-corrected chi connectivity index (χ3v) is 3.45. The van der Waals surface area contributed by atoms with E-state index in [1.165, 1.54) is 5.69 Å². The van der Waals surface area contributed by atoms with Crippen molar-refractivity contribution in [1.82, 2.24) is 29.5 Å². The maximum absolute atomic E-state index is 4.55. The van der Waals surface area contributed by atoms with Crippen molar-refractivity contribution in [1.29, 1.82) is 0 Å². The number of nitrogens with zero attached hydrogens (tertiary/aromatic N) is 5. The zero-order valence-electron chi connectivity index (χ0n) is 11.7. The maximum Gasteiger partial charge on any atom is 0.137 e. The summed E-state index contributed by atoms with van der Waals surface area (Å²) in [6.07, 6.45) is 4.64. The largest absolute Gasteiger partial charge is 0.321 e. The summed E-state index contributed by atoms with van der Waals surface area (Å²) < 4.78 is 4.08. The number of aryl methyl sites for hydroxylation is 2. The fourth-order valence-corrected chi connectivity index (χ4v) is 2.32. The van der Waals surface area contributed by atoms with Crippen LogP contribution in [0.15, 0.2) is 30.7 Å². The van der Waals surface area contributed by atoms with E-state index in [9.17, 15) is 0 Å². The molecule has 0 aliphatic heterocycles. The van der Waals surface area contributed by atoms with Gasteiger partial charge in [-0.15, -0.1) is 10.2 Å². The Morgan fingerprint density at radius 1 is 1.30 bits per heavy atom. The van der Waals surface area contributed by atoms with Gasteiger partial charge in [-0.2, -0.15) is 0 Å². The van der Waals surface area contributed by atoms with E-state index >= 15 is 0 Å². The third-order valence-electron chi connectivity index (χ3n) is 3.45. The number of rotatable bonds is 5. The number of aromatic nitrogens is 5. The number of hydrogen-bond acceptors (Lipinski definition) is 4. The summed E-state index contributed by atoms with van der Waals surface area (Å²) in [7, 11) is 1.96. The van der Waals surface area contributed by atoms with Crippen molar-refractivity contribution in [3.63, 3.8) is 0 Å².